The summed E-state index contributed by atoms with van der Waals surface area (Å²) in [6.07, 6.45) is 7.01. The molecule has 2 aromatic rings. The van der Waals surface area contributed by atoms with Gasteiger partial charge in [0.25, 0.3) is 0 Å². The highest BCUT2D eigenvalue weighted by molar-refractivity contribution is 7.10. The van der Waals surface area contributed by atoms with E-state index in [1.807, 2.05) is 11.3 Å². The van der Waals surface area contributed by atoms with Gasteiger partial charge in [-0.15, -0.1) is 11.3 Å². The van der Waals surface area contributed by atoms with E-state index in [9.17, 15) is 0 Å². The molecule has 0 spiro atoms. The predicted molar refractivity (Wildman–Crippen MR) is 107 cm³/mol. The fourth-order valence-corrected chi connectivity index (χ4v) is 5.09. The Kier molecular flexibility index (Phi) is 4.60. The molecule has 2 heterocycles. The number of aryl methyl sites for hydroxylation is 1. The lowest BCUT2D eigenvalue weighted by Crippen LogP contribution is -2.28. The lowest BCUT2D eigenvalue weighted by molar-refractivity contribution is 0.289. The van der Waals surface area contributed by atoms with Crippen molar-refractivity contribution in [3.05, 3.63) is 57.8 Å². The number of thiophene rings is 1. The second kappa shape index (κ2) is 6.87. The molecule has 2 aliphatic rings. The van der Waals surface area contributed by atoms with Gasteiger partial charge in [0, 0.05) is 16.5 Å². The van der Waals surface area contributed by atoms with Crippen molar-refractivity contribution in [1.29, 1.82) is 0 Å². The van der Waals surface area contributed by atoms with Crippen molar-refractivity contribution in [3.63, 3.8) is 0 Å². The van der Waals surface area contributed by atoms with Crippen LogP contribution in [0.5, 0.6) is 5.75 Å². The van der Waals surface area contributed by atoms with Crippen molar-refractivity contribution in [2.24, 2.45) is 11.8 Å². The van der Waals surface area contributed by atoms with Crippen LogP contribution in [-0.2, 0) is 0 Å². The standard InChI is InChI=1S/C22H27NOS/c1-14(2)9-11-24-16-7-8-20-19(13-16)17-5-4-6-18(17)21(23-20)22-15(3)10-12-25-22/h4-5,7-8,10,12-14,17-18,21,23H,6,9,11H2,1-3H3. The Morgan fingerprint density at radius 3 is 2.92 bits per heavy atom. The summed E-state index contributed by atoms with van der Waals surface area (Å²) in [5.74, 6) is 2.79. The van der Waals surface area contributed by atoms with Crippen LogP contribution in [0.4, 0.5) is 5.69 Å². The maximum absolute atomic E-state index is 6.00. The molecule has 0 saturated carbocycles. The molecule has 25 heavy (non-hydrogen) atoms. The quantitative estimate of drug-likeness (QED) is 0.636. The minimum Gasteiger partial charge on any atom is -0.494 e. The Morgan fingerprint density at radius 1 is 1.28 bits per heavy atom. The molecular weight excluding hydrogens is 326 g/mol. The van der Waals surface area contributed by atoms with Gasteiger partial charge in [0.1, 0.15) is 5.75 Å². The topological polar surface area (TPSA) is 21.3 Å². The Labute approximate surface area is 154 Å². The molecule has 1 aromatic carbocycles. The predicted octanol–water partition coefficient (Wildman–Crippen LogP) is 6.31. The van der Waals surface area contributed by atoms with Crippen LogP contribution in [0.25, 0.3) is 0 Å². The van der Waals surface area contributed by atoms with Crippen molar-refractivity contribution >= 4 is 17.0 Å². The molecular formula is C22H27NOS. The number of fused-ring (bicyclic) bond motifs is 3. The summed E-state index contributed by atoms with van der Waals surface area (Å²) in [4.78, 5) is 1.49. The van der Waals surface area contributed by atoms with E-state index in [4.69, 9.17) is 4.74 Å². The van der Waals surface area contributed by atoms with Gasteiger partial charge >= 0.3 is 0 Å². The number of anilines is 1. The van der Waals surface area contributed by atoms with Crippen molar-refractivity contribution in [2.45, 2.75) is 45.6 Å². The summed E-state index contributed by atoms with van der Waals surface area (Å²) in [6, 6.07) is 9.23. The number of nitrogens with one attached hydrogen (secondary N) is 1. The molecule has 1 aromatic heterocycles. The molecule has 0 bridgehead atoms. The van der Waals surface area contributed by atoms with Gasteiger partial charge in [0.2, 0.25) is 0 Å². The Morgan fingerprint density at radius 2 is 2.16 bits per heavy atom. The van der Waals surface area contributed by atoms with Gasteiger partial charge < -0.3 is 10.1 Å². The van der Waals surface area contributed by atoms with Gasteiger partial charge in [-0.2, -0.15) is 0 Å². The summed E-state index contributed by atoms with van der Waals surface area (Å²) in [6.45, 7) is 7.50. The Hall–Kier alpha value is -1.74. The van der Waals surface area contributed by atoms with Crippen LogP contribution in [0.15, 0.2) is 41.8 Å². The molecule has 1 aliphatic carbocycles. The summed E-state index contributed by atoms with van der Waals surface area (Å²) < 4.78 is 6.00. The maximum Gasteiger partial charge on any atom is 0.119 e. The van der Waals surface area contributed by atoms with E-state index in [2.05, 4.69) is 67.9 Å². The summed E-state index contributed by atoms with van der Waals surface area (Å²) in [5.41, 5.74) is 4.07. The molecule has 3 atom stereocenters. The molecule has 2 nitrogen and oxygen atoms in total. The monoisotopic (exact) mass is 353 g/mol. The lowest BCUT2D eigenvalue weighted by atomic mass is 9.78. The van der Waals surface area contributed by atoms with Crippen LogP contribution < -0.4 is 10.1 Å². The van der Waals surface area contributed by atoms with Crippen molar-refractivity contribution in [1.82, 2.24) is 0 Å². The highest BCUT2D eigenvalue weighted by Gasteiger charge is 2.39. The smallest absolute Gasteiger partial charge is 0.119 e. The van der Waals surface area contributed by atoms with Gasteiger partial charge in [-0.25, -0.2) is 0 Å². The van der Waals surface area contributed by atoms with Gasteiger partial charge in [-0.3, -0.25) is 0 Å². The molecule has 3 unspecified atom stereocenters. The average Bonchev–Trinajstić information content (AvgIpc) is 3.23. The van der Waals surface area contributed by atoms with Crippen LogP contribution >= 0.6 is 11.3 Å². The zero-order valence-corrected chi connectivity index (χ0v) is 16.1. The van der Waals surface area contributed by atoms with Gasteiger partial charge in [0.05, 0.1) is 12.6 Å². The second-order valence-corrected chi connectivity index (χ2v) is 8.67. The first-order valence-corrected chi connectivity index (χ1v) is 10.3. The summed E-state index contributed by atoms with van der Waals surface area (Å²) in [5, 5.41) is 6.04. The fourth-order valence-electron chi connectivity index (χ4n) is 4.04. The largest absolute Gasteiger partial charge is 0.494 e. The highest BCUT2D eigenvalue weighted by Crippen LogP contribution is 2.51. The van der Waals surface area contributed by atoms with Crippen LogP contribution in [0.3, 0.4) is 0 Å². The first kappa shape index (κ1) is 16.7. The van der Waals surface area contributed by atoms with E-state index >= 15 is 0 Å². The van der Waals surface area contributed by atoms with E-state index in [-0.39, 0.29) is 0 Å². The Bertz CT molecular complexity index is 776. The van der Waals surface area contributed by atoms with Gasteiger partial charge in [0.15, 0.2) is 0 Å². The van der Waals surface area contributed by atoms with Crippen LogP contribution in [0.2, 0.25) is 0 Å². The van der Waals surface area contributed by atoms with E-state index in [1.165, 1.54) is 21.7 Å². The summed E-state index contributed by atoms with van der Waals surface area (Å²) >= 11 is 1.88. The van der Waals surface area contributed by atoms with Gasteiger partial charge in [-0.05, 0) is 72.4 Å². The highest BCUT2D eigenvalue weighted by atomic mass is 32.1. The number of hydrogen-bond donors (Lipinski definition) is 1. The molecule has 1 aliphatic heterocycles. The van der Waals surface area contributed by atoms with Crippen molar-refractivity contribution < 1.29 is 4.74 Å². The molecule has 0 saturated heterocycles. The van der Waals surface area contributed by atoms with E-state index in [0.29, 0.717) is 23.8 Å². The van der Waals surface area contributed by atoms with Crippen LogP contribution in [0, 0.1) is 18.8 Å². The van der Waals surface area contributed by atoms with Crippen LogP contribution in [0.1, 0.15) is 54.7 Å². The van der Waals surface area contributed by atoms with E-state index in [1.54, 1.807) is 0 Å². The first-order chi connectivity index (χ1) is 12.1. The van der Waals surface area contributed by atoms with Crippen molar-refractivity contribution in [3.8, 4) is 5.75 Å². The average molecular weight is 354 g/mol. The van der Waals surface area contributed by atoms with E-state index in [0.717, 1.165) is 25.2 Å². The molecule has 132 valence electrons. The third-order valence-electron chi connectivity index (χ3n) is 5.48. The van der Waals surface area contributed by atoms with E-state index < -0.39 is 0 Å². The molecule has 4 rings (SSSR count). The third-order valence-corrected chi connectivity index (χ3v) is 6.58. The molecule has 3 heteroatoms. The summed E-state index contributed by atoms with van der Waals surface area (Å²) in [7, 11) is 0. The SMILES string of the molecule is Cc1ccsc1C1Nc2ccc(OCCC(C)C)cc2C2C=CCC21. The maximum atomic E-state index is 6.00. The number of ether oxygens (including phenoxy) is 1. The normalized spacial score (nSPS) is 24.1. The lowest BCUT2D eigenvalue weighted by Gasteiger charge is -2.37. The fraction of sp³-hybridized carbons (Fsp3) is 0.455. The van der Waals surface area contributed by atoms with Crippen LogP contribution in [-0.4, -0.2) is 6.61 Å². The Balaban J connectivity index is 1.60. The number of benzene rings is 1. The number of rotatable bonds is 5. The van der Waals surface area contributed by atoms with Crippen molar-refractivity contribution in [2.75, 3.05) is 11.9 Å². The zero-order chi connectivity index (χ0) is 17.4. The molecule has 1 N–H and O–H groups in total. The molecule has 0 amide bonds. The minimum atomic E-state index is 0.417. The number of hydrogen-bond acceptors (Lipinski definition) is 3. The van der Waals surface area contributed by atoms with Gasteiger partial charge in [-0.1, -0.05) is 26.0 Å². The third kappa shape index (κ3) is 3.22. The molecule has 0 fully saturated rings. The second-order valence-electron chi connectivity index (χ2n) is 7.72. The molecule has 0 radical (unpaired) electrons. The minimum absolute atomic E-state index is 0.417. The zero-order valence-electron chi connectivity index (χ0n) is 15.3. The number of allylic oxidation sites excluding steroid dienone is 2. The first-order valence-electron chi connectivity index (χ1n) is 9.37.